The number of rotatable bonds is 10. The van der Waals surface area contributed by atoms with Gasteiger partial charge in [0.15, 0.2) is 23.0 Å². The second-order valence-electron chi connectivity index (χ2n) is 7.95. The van der Waals surface area contributed by atoms with E-state index in [4.69, 9.17) is 23.1 Å². The van der Waals surface area contributed by atoms with Crippen molar-refractivity contribution in [3.63, 3.8) is 0 Å². The Morgan fingerprint density at radius 2 is 0.871 bits per heavy atom. The first-order valence-electron chi connectivity index (χ1n) is 9.72. The van der Waals surface area contributed by atoms with E-state index in [2.05, 4.69) is 0 Å². The van der Waals surface area contributed by atoms with Crippen molar-refractivity contribution in [3.05, 3.63) is 35.4 Å². The molecule has 0 fully saturated rings. The van der Waals surface area contributed by atoms with Crippen LogP contribution in [0.5, 0.6) is 23.0 Å². The molecule has 0 saturated carbocycles. The molecule has 0 aliphatic carbocycles. The van der Waals surface area contributed by atoms with Crippen LogP contribution in [0.4, 0.5) is 0 Å². The van der Waals surface area contributed by atoms with Gasteiger partial charge in [-0.15, -0.1) is 0 Å². The highest BCUT2D eigenvalue weighted by molar-refractivity contribution is 6.97. The summed E-state index contributed by atoms with van der Waals surface area (Å²) >= 11 is 0. The van der Waals surface area contributed by atoms with Gasteiger partial charge in [-0.25, -0.2) is 0 Å². The van der Waals surface area contributed by atoms with Crippen LogP contribution in [0, 0.1) is 0 Å². The number of aldehydes is 2. The van der Waals surface area contributed by atoms with Gasteiger partial charge in [-0.3, -0.25) is 9.59 Å². The number of hydrogen-bond acceptors (Lipinski definition) is 7. The zero-order valence-electron chi connectivity index (χ0n) is 19.3. The Morgan fingerprint density at radius 1 is 0.581 bits per heavy atom. The lowest BCUT2D eigenvalue weighted by Gasteiger charge is -2.36. The lowest BCUT2D eigenvalue weighted by molar-refractivity contribution is 0.111. The summed E-state index contributed by atoms with van der Waals surface area (Å²) in [4.78, 5) is 23.7. The molecule has 0 aliphatic rings. The van der Waals surface area contributed by atoms with Crippen LogP contribution in [0.15, 0.2) is 24.3 Å². The highest BCUT2D eigenvalue weighted by atomic mass is 28.4. The Kier molecular flexibility index (Phi) is 7.69. The van der Waals surface area contributed by atoms with Crippen LogP contribution in [-0.2, 0) is 4.12 Å². The summed E-state index contributed by atoms with van der Waals surface area (Å²) in [5.74, 6) is 2.04. The van der Waals surface area contributed by atoms with Crippen LogP contribution >= 0.6 is 0 Å². The molecule has 0 unspecified atom stereocenters. The van der Waals surface area contributed by atoms with Gasteiger partial charge in [0, 0.05) is 11.1 Å². The maximum absolute atomic E-state index is 11.8. The molecule has 2 aromatic rings. The van der Waals surface area contributed by atoms with Crippen molar-refractivity contribution in [2.24, 2.45) is 0 Å². The molecule has 168 valence electrons. The van der Waals surface area contributed by atoms with Gasteiger partial charge in [0.05, 0.1) is 28.4 Å². The molecule has 0 bridgehead atoms. The molecule has 0 heterocycles. The van der Waals surface area contributed by atoms with Gasteiger partial charge >= 0.3 is 0 Å². The van der Waals surface area contributed by atoms with E-state index in [1.54, 1.807) is 26.4 Å². The Labute approximate surface area is 185 Å². The van der Waals surface area contributed by atoms with Gasteiger partial charge in [0.25, 0.3) is 0 Å². The van der Waals surface area contributed by atoms with E-state index in [-0.39, 0.29) is 0 Å². The molecule has 0 aliphatic heterocycles. The molecule has 0 amide bonds. The third-order valence-corrected chi connectivity index (χ3v) is 12.7. The van der Waals surface area contributed by atoms with Crippen molar-refractivity contribution in [2.75, 3.05) is 28.4 Å². The van der Waals surface area contributed by atoms with Crippen molar-refractivity contribution in [2.45, 2.75) is 26.2 Å². The average molecular weight is 463 g/mol. The number of benzene rings is 2. The molecule has 2 aromatic carbocycles. The first kappa shape index (κ1) is 24.6. The summed E-state index contributed by atoms with van der Waals surface area (Å²) in [5, 5.41) is 1.60. The Balaban J connectivity index is 2.59. The lowest BCUT2D eigenvalue weighted by atomic mass is 10.2. The second kappa shape index (κ2) is 9.67. The highest BCUT2D eigenvalue weighted by Crippen LogP contribution is 2.31. The van der Waals surface area contributed by atoms with Gasteiger partial charge in [-0.05, 0) is 60.8 Å². The average Bonchev–Trinajstić information content (AvgIpc) is 2.75. The third kappa shape index (κ3) is 5.00. The van der Waals surface area contributed by atoms with Crippen LogP contribution in [0.3, 0.4) is 0 Å². The molecule has 0 N–H and O–H groups in total. The number of hydrogen-bond donors (Lipinski definition) is 0. The number of ether oxygens (including phenoxy) is 4. The molecule has 0 radical (unpaired) electrons. The maximum atomic E-state index is 11.8. The fourth-order valence-corrected chi connectivity index (χ4v) is 12.4. The van der Waals surface area contributed by atoms with Crippen LogP contribution < -0.4 is 29.3 Å². The summed E-state index contributed by atoms with van der Waals surface area (Å²) < 4.78 is 28.3. The summed E-state index contributed by atoms with van der Waals surface area (Å²) in [6.07, 6.45) is 1.61. The van der Waals surface area contributed by atoms with E-state index in [1.165, 1.54) is 14.2 Å². The molecular formula is C22H30O7Si2. The Bertz CT molecular complexity index is 893. The van der Waals surface area contributed by atoms with Gasteiger partial charge in [0.1, 0.15) is 12.6 Å². The highest BCUT2D eigenvalue weighted by Gasteiger charge is 2.39. The minimum absolute atomic E-state index is 0.484. The molecule has 9 heteroatoms. The van der Waals surface area contributed by atoms with Crippen molar-refractivity contribution in [1.29, 1.82) is 0 Å². The molecule has 0 aromatic heterocycles. The number of carbonyl (C=O) groups excluding carboxylic acids is 2. The standard InChI is InChI=1S/C22H30O7Si2/c1-25-17-9-15(13-23)21(11-19(17)27-3)30(5,6)29-31(7,8)22-12-20(28-4)18(26-2)10-16(22)14-24/h9-14H,1-8H3. The van der Waals surface area contributed by atoms with E-state index in [0.717, 1.165) is 22.9 Å². The Morgan fingerprint density at radius 3 is 1.13 bits per heavy atom. The van der Waals surface area contributed by atoms with E-state index in [0.29, 0.717) is 34.1 Å². The predicted molar refractivity (Wildman–Crippen MR) is 125 cm³/mol. The first-order chi connectivity index (χ1) is 14.6. The quantitative estimate of drug-likeness (QED) is 0.397. The molecule has 31 heavy (non-hydrogen) atoms. The van der Waals surface area contributed by atoms with E-state index < -0.39 is 16.6 Å². The zero-order chi connectivity index (χ0) is 23.4. The molecular weight excluding hydrogens is 432 g/mol. The van der Waals surface area contributed by atoms with E-state index in [9.17, 15) is 9.59 Å². The van der Waals surface area contributed by atoms with Gasteiger partial charge in [-0.1, -0.05) is 0 Å². The predicted octanol–water partition coefficient (Wildman–Crippen LogP) is 2.89. The van der Waals surface area contributed by atoms with Crippen molar-refractivity contribution < 1.29 is 32.7 Å². The fraction of sp³-hybridized carbons (Fsp3) is 0.364. The van der Waals surface area contributed by atoms with E-state index in [1.807, 2.05) is 38.3 Å². The number of methoxy groups -OCH3 is 4. The summed E-state index contributed by atoms with van der Waals surface area (Å²) in [5.41, 5.74) is 1.00. The normalized spacial score (nSPS) is 11.6. The molecule has 0 saturated heterocycles. The summed E-state index contributed by atoms with van der Waals surface area (Å²) in [6.45, 7) is 8.10. The van der Waals surface area contributed by atoms with Crippen LogP contribution in [0.2, 0.25) is 26.2 Å². The molecule has 0 spiro atoms. The van der Waals surface area contributed by atoms with Crippen LogP contribution in [0.25, 0.3) is 0 Å². The topological polar surface area (TPSA) is 80.3 Å². The lowest BCUT2D eigenvalue weighted by Crippen LogP contribution is -2.59. The van der Waals surface area contributed by atoms with Gasteiger partial charge < -0.3 is 23.1 Å². The number of carbonyl (C=O) groups is 2. The van der Waals surface area contributed by atoms with Crippen LogP contribution in [-0.4, -0.2) is 57.6 Å². The van der Waals surface area contributed by atoms with Crippen molar-refractivity contribution >= 4 is 39.6 Å². The summed E-state index contributed by atoms with van der Waals surface area (Å²) in [6, 6.07) is 6.96. The molecule has 2 rings (SSSR count). The smallest absolute Gasteiger partial charge is 0.206 e. The third-order valence-electron chi connectivity index (χ3n) is 5.17. The molecule has 7 nitrogen and oxygen atoms in total. The van der Waals surface area contributed by atoms with Crippen molar-refractivity contribution in [3.8, 4) is 23.0 Å². The maximum Gasteiger partial charge on any atom is 0.206 e. The van der Waals surface area contributed by atoms with E-state index >= 15 is 0 Å². The summed E-state index contributed by atoms with van der Waals surface area (Å²) in [7, 11) is 0.908. The van der Waals surface area contributed by atoms with Gasteiger partial charge in [0.2, 0.25) is 16.6 Å². The molecule has 0 atom stereocenters. The largest absolute Gasteiger partial charge is 0.493 e. The monoisotopic (exact) mass is 462 g/mol. The minimum atomic E-state index is -2.62. The fourth-order valence-electron chi connectivity index (χ4n) is 3.78. The Hall–Kier alpha value is -2.63. The zero-order valence-corrected chi connectivity index (χ0v) is 21.3. The van der Waals surface area contributed by atoms with Crippen LogP contribution in [0.1, 0.15) is 20.7 Å². The van der Waals surface area contributed by atoms with Gasteiger partial charge in [-0.2, -0.15) is 0 Å². The van der Waals surface area contributed by atoms with Crippen molar-refractivity contribution in [1.82, 2.24) is 0 Å². The second-order valence-corrected chi connectivity index (χ2v) is 15.9. The SMILES string of the molecule is COc1cc(C=O)c([Si](C)(C)O[Si](C)(C)c2cc(OC)c(OC)cc2C=O)cc1OC. The first-order valence-corrected chi connectivity index (χ1v) is 15.5. The minimum Gasteiger partial charge on any atom is -0.493 e.